The number of anilines is 1. The third kappa shape index (κ3) is 6.00. The molecular formula is C23H19F3N2O4. The molecule has 0 fully saturated rings. The topological polar surface area (TPSA) is 76.7 Å². The van der Waals surface area contributed by atoms with Crippen LogP contribution in [0.5, 0.6) is 11.5 Å². The Morgan fingerprint density at radius 2 is 1.62 bits per heavy atom. The molecule has 3 rings (SSSR count). The van der Waals surface area contributed by atoms with Gasteiger partial charge >= 0.3 is 6.61 Å². The first-order valence-electron chi connectivity index (χ1n) is 9.42. The van der Waals surface area contributed by atoms with Gasteiger partial charge in [0.15, 0.2) is 11.5 Å². The second-order valence-electron chi connectivity index (χ2n) is 6.59. The highest BCUT2D eigenvalue weighted by Gasteiger charge is 2.14. The number of rotatable bonds is 8. The van der Waals surface area contributed by atoms with Crippen molar-refractivity contribution in [1.29, 1.82) is 0 Å². The molecule has 0 aromatic heterocycles. The lowest BCUT2D eigenvalue weighted by Gasteiger charge is -2.12. The van der Waals surface area contributed by atoms with Crippen LogP contribution < -0.4 is 20.1 Å². The van der Waals surface area contributed by atoms with E-state index in [2.05, 4.69) is 15.4 Å². The lowest BCUT2D eigenvalue weighted by molar-refractivity contribution is -0.0512. The molecule has 9 heteroatoms. The van der Waals surface area contributed by atoms with E-state index in [9.17, 15) is 22.8 Å². The molecule has 0 bridgehead atoms. The van der Waals surface area contributed by atoms with Gasteiger partial charge in [-0.25, -0.2) is 4.39 Å². The maximum absolute atomic E-state index is 13.0. The first kappa shape index (κ1) is 22.7. The fourth-order valence-corrected chi connectivity index (χ4v) is 2.85. The molecule has 0 saturated carbocycles. The SMILES string of the molecule is COc1cc(C(=O)NCc2cccc(NC(=O)c3ccc(F)cc3)c2)ccc1OC(F)F. The smallest absolute Gasteiger partial charge is 0.387 e. The van der Waals surface area contributed by atoms with Crippen molar-refractivity contribution >= 4 is 17.5 Å². The molecule has 32 heavy (non-hydrogen) atoms. The van der Waals surface area contributed by atoms with E-state index in [-0.39, 0.29) is 23.6 Å². The summed E-state index contributed by atoms with van der Waals surface area (Å²) in [4.78, 5) is 24.7. The van der Waals surface area contributed by atoms with Gasteiger partial charge in [0.2, 0.25) is 0 Å². The van der Waals surface area contributed by atoms with Crippen molar-refractivity contribution in [2.75, 3.05) is 12.4 Å². The maximum atomic E-state index is 13.0. The largest absolute Gasteiger partial charge is 0.493 e. The number of hydrogen-bond donors (Lipinski definition) is 2. The first-order chi connectivity index (χ1) is 15.4. The van der Waals surface area contributed by atoms with E-state index >= 15 is 0 Å². The fourth-order valence-electron chi connectivity index (χ4n) is 2.85. The van der Waals surface area contributed by atoms with Gasteiger partial charge in [-0.3, -0.25) is 9.59 Å². The van der Waals surface area contributed by atoms with Crippen LogP contribution in [0, 0.1) is 5.82 Å². The molecule has 0 aliphatic rings. The second-order valence-corrected chi connectivity index (χ2v) is 6.59. The lowest BCUT2D eigenvalue weighted by Crippen LogP contribution is -2.23. The predicted molar refractivity (Wildman–Crippen MR) is 112 cm³/mol. The number of methoxy groups -OCH3 is 1. The number of halogens is 3. The molecule has 3 aromatic carbocycles. The molecule has 0 aliphatic carbocycles. The van der Waals surface area contributed by atoms with E-state index in [0.29, 0.717) is 16.8 Å². The number of ether oxygens (including phenoxy) is 2. The molecule has 0 heterocycles. The van der Waals surface area contributed by atoms with Crippen LogP contribution in [0.3, 0.4) is 0 Å². The molecule has 0 radical (unpaired) electrons. The molecular weight excluding hydrogens is 425 g/mol. The Morgan fingerprint density at radius 3 is 2.31 bits per heavy atom. The molecule has 0 aliphatic heterocycles. The van der Waals surface area contributed by atoms with E-state index in [1.165, 1.54) is 49.6 Å². The Balaban J connectivity index is 1.63. The van der Waals surface area contributed by atoms with Crippen LogP contribution in [0.25, 0.3) is 0 Å². The monoisotopic (exact) mass is 444 g/mol. The van der Waals surface area contributed by atoms with Crippen molar-refractivity contribution < 1.29 is 32.2 Å². The van der Waals surface area contributed by atoms with Gasteiger partial charge in [0.25, 0.3) is 11.8 Å². The third-order valence-corrected chi connectivity index (χ3v) is 4.39. The van der Waals surface area contributed by atoms with E-state index < -0.39 is 24.2 Å². The van der Waals surface area contributed by atoms with Crippen LogP contribution in [0.4, 0.5) is 18.9 Å². The van der Waals surface area contributed by atoms with Gasteiger partial charge in [-0.05, 0) is 60.2 Å². The molecule has 0 unspecified atom stereocenters. The molecule has 166 valence electrons. The van der Waals surface area contributed by atoms with Gasteiger partial charge < -0.3 is 20.1 Å². The van der Waals surface area contributed by atoms with Crippen molar-refractivity contribution in [3.63, 3.8) is 0 Å². The summed E-state index contributed by atoms with van der Waals surface area (Å²) in [6.07, 6.45) is 0. The number of nitrogens with one attached hydrogen (secondary N) is 2. The van der Waals surface area contributed by atoms with Crippen LogP contribution in [0.15, 0.2) is 66.7 Å². The van der Waals surface area contributed by atoms with Crippen molar-refractivity contribution in [3.8, 4) is 11.5 Å². The Bertz CT molecular complexity index is 1100. The van der Waals surface area contributed by atoms with Gasteiger partial charge in [-0.2, -0.15) is 8.78 Å². The quantitative estimate of drug-likeness (QED) is 0.532. The fraction of sp³-hybridized carbons (Fsp3) is 0.130. The van der Waals surface area contributed by atoms with Crippen LogP contribution in [0.1, 0.15) is 26.3 Å². The zero-order valence-electron chi connectivity index (χ0n) is 16.9. The minimum atomic E-state index is -3.01. The summed E-state index contributed by atoms with van der Waals surface area (Å²) in [5.74, 6) is -1.46. The summed E-state index contributed by atoms with van der Waals surface area (Å²) < 4.78 is 47.2. The van der Waals surface area contributed by atoms with Crippen molar-refractivity contribution in [1.82, 2.24) is 5.32 Å². The summed E-state index contributed by atoms with van der Waals surface area (Å²) in [5, 5.41) is 5.42. The Labute approximate surface area is 182 Å². The zero-order chi connectivity index (χ0) is 23.1. The third-order valence-electron chi connectivity index (χ3n) is 4.39. The molecule has 0 saturated heterocycles. The van der Waals surface area contributed by atoms with E-state index in [1.54, 1.807) is 24.3 Å². The van der Waals surface area contributed by atoms with Gasteiger partial charge in [-0.1, -0.05) is 12.1 Å². The van der Waals surface area contributed by atoms with E-state index in [1.807, 2.05) is 0 Å². The Kier molecular flexibility index (Phi) is 7.33. The number of carbonyl (C=O) groups excluding carboxylic acids is 2. The molecule has 0 spiro atoms. The summed E-state index contributed by atoms with van der Waals surface area (Å²) in [6, 6.07) is 15.8. The first-order valence-corrected chi connectivity index (χ1v) is 9.42. The number of alkyl halides is 2. The summed E-state index contributed by atoms with van der Waals surface area (Å²) in [5.41, 5.74) is 1.71. The zero-order valence-corrected chi connectivity index (χ0v) is 16.9. The van der Waals surface area contributed by atoms with Crippen LogP contribution in [-0.2, 0) is 6.54 Å². The second kappa shape index (κ2) is 10.3. The van der Waals surface area contributed by atoms with Crippen molar-refractivity contribution in [2.45, 2.75) is 13.2 Å². The van der Waals surface area contributed by atoms with Crippen molar-refractivity contribution in [2.24, 2.45) is 0 Å². The number of carbonyl (C=O) groups is 2. The van der Waals surface area contributed by atoms with E-state index in [0.717, 1.165) is 0 Å². The van der Waals surface area contributed by atoms with Crippen LogP contribution in [-0.4, -0.2) is 25.5 Å². The van der Waals surface area contributed by atoms with Gasteiger partial charge in [0, 0.05) is 23.4 Å². The molecule has 3 aromatic rings. The lowest BCUT2D eigenvalue weighted by atomic mass is 10.1. The summed E-state index contributed by atoms with van der Waals surface area (Å²) in [6.45, 7) is -2.86. The average Bonchev–Trinajstić information content (AvgIpc) is 2.78. The average molecular weight is 444 g/mol. The molecule has 2 amide bonds. The van der Waals surface area contributed by atoms with Gasteiger partial charge in [0.05, 0.1) is 7.11 Å². The number of amides is 2. The standard InChI is InChI=1S/C23H19F3N2O4/c1-31-20-12-16(7-10-19(20)32-23(25)26)21(29)27-13-14-3-2-4-18(11-14)28-22(30)15-5-8-17(24)9-6-15/h2-12,23H,13H2,1H3,(H,27,29)(H,28,30). The minimum absolute atomic E-state index is 0.00320. The van der Waals surface area contributed by atoms with Gasteiger partial charge in [-0.15, -0.1) is 0 Å². The molecule has 2 N–H and O–H groups in total. The normalized spacial score (nSPS) is 10.5. The van der Waals surface area contributed by atoms with Crippen molar-refractivity contribution in [3.05, 3.63) is 89.2 Å². The predicted octanol–water partition coefficient (Wildman–Crippen LogP) is 4.62. The highest BCUT2D eigenvalue weighted by Crippen LogP contribution is 2.29. The molecule has 0 atom stereocenters. The van der Waals surface area contributed by atoms with Crippen LogP contribution >= 0.6 is 0 Å². The van der Waals surface area contributed by atoms with Crippen LogP contribution in [0.2, 0.25) is 0 Å². The maximum Gasteiger partial charge on any atom is 0.387 e. The number of benzene rings is 3. The van der Waals surface area contributed by atoms with E-state index in [4.69, 9.17) is 4.74 Å². The highest BCUT2D eigenvalue weighted by molar-refractivity contribution is 6.04. The highest BCUT2D eigenvalue weighted by atomic mass is 19.3. The minimum Gasteiger partial charge on any atom is -0.493 e. The summed E-state index contributed by atoms with van der Waals surface area (Å²) in [7, 11) is 1.28. The number of hydrogen-bond acceptors (Lipinski definition) is 4. The Hall–Kier alpha value is -4.01. The van der Waals surface area contributed by atoms with Gasteiger partial charge in [0.1, 0.15) is 5.82 Å². The summed E-state index contributed by atoms with van der Waals surface area (Å²) >= 11 is 0. The molecule has 6 nitrogen and oxygen atoms in total. The Morgan fingerprint density at radius 1 is 0.906 bits per heavy atom.